The zero-order chi connectivity index (χ0) is 14.9. The molecule has 2 aromatic rings. The van der Waals surface area contributed by atoms with Crippen molar-refractivity contribution in [1.29, 1.82) is 0 Å². The molecule has 2 rings (SSSR count). The monoisotopic (exact) mass is 294 g/mol. The van der Waals surface area contributed by atoms with Crippen LogP contribution in [-0.4, -0.2) is 24.5 Å². The highest BCUT2D eigenvalue weighted by atomic mass is 32.2. The lowest BCUT2D eigenvalue weighted by molar-refractivity contribution is 0.602. The molecule has 0 amide bonds. The molecule has 0 unspecified atom stereocenters. The van der Waals surface area contributed by atoms with Crippen LogP contribution in [0.4, 0.5) is 11.4 Å². The minimum atomic E-state index is -3.23. The van der Waals surface area contributed by atoms with Gasteiger partial charge in [0.2, 0.25) is 0 Å². The minimum absolute atomic E-state index is 0.220. The van der Waals surface area contributed by atoms with Gasteiger partial charge in [0.15, 0.2) is 9.84 Å². The number of rotatable bonds is 4. The molecule has 0 aliphatic rings. The molecule has 0 fully saturated rings. The van der Waals surface area contributed by atoms with Gasteiger partial charge in [-0.3, -0.25) is 4.68 Å². The van der Waals surface area contributed by atoms with Gasteiger partial charge in [-0.05, 0) is 25.1 Å². The maximum Gasteiger partial charge on any atom is 0.175 e. The van der Waals surface area contributed by atoms with Crippen LogP contribution in [0.1, 0.15) is 11.3 Å². The molecule has 1 aromatic heterocycles. The third-order valence-electron chi connectivity index (χ3n) is 3.26. The van der Waals surface area contributed by atoms with E-state index in [1.165, 1.54) is 6.07 Å². The van der Waals surface area contributed by atoms with Gasteiger partial charge in [0, 0.05) is 31.1 Å². The Morgan fingerprint density at radius 1 is 1.40 bits per heavy atom. The molecule has 108 valence electrons. The van der Waals surface area contributed by atoms with E-state index < -0.39 is 9.84 Å². The van der Waals surface area contributed by atoms with Crippen LogP contribution in [0.15, 0.2) is 29.3 Å². The average Bonchev–Trinajstić information content (AvgIpc) is 2.67. The van der Waals surface area contributed by atoms with Gasteiger partial charge >= 0.3 is 0 Å². The molecule has 0 saturated heterocycles. The van der Waals surface area contributed by atoms with Gasteiger partial charge in [-0.1, -0.05) is 0 Å². The molecule has 20 heavy (non-hydrogen) atoms. The van der Waals surface area contributed by atoms with Crippen LogP contribution in [0.25, 0.3) is 0 Å². The number of hydrogen-bond donors (Lipinski definition) is 2. The fourth-order valence-corrected chi connectivity index (χ4v) is 2.50. The first kappa shape index (κ1) is 14.4. The Kier molecular flexibility index (Phi) is 3.71. The summed E-state index contributed by atoms with van der Waals surface area (Å²) in [4.78, 5) is 0.220. The van der Waals surface area contributed by atoms with Crippen LogP contribution in [0.3, 0.4) is 0 Å². The summed E-state index contributed by atoms with van der Waals surface area (Å²) >= 11 is 0. The molecule has 1 aromatic carbocycles. The van der Waals surface area contributed by atoms with Gasteiger partial charge in [0.1, 0.15) is 0 Å². The molecule has 0 aliphatic heterocycles. The number of anilines is 2. The van der Waals surface area contributed by atoms with Crippen molar-refractivity contribution in [3.05, 3.63) is 35.7 Å². The molecular formula is C13H18N4O2S. The first-order valence-corrected chi connectivity index (χ1v) is 7.99. The molecule has 7 heteroatoms. The topological polar surface area (TPSA) is 90.0 Å². The van der Waals surface area contributed by atoms with Crippen molar-refractivity contribution < 1.29 is 8.42 Å². The van der Waals surface area contributed by atoms with E-state index in [1.54, 1.807) is 23.0 Å². The maximum atomic E-state index is 11.4. The smallest absolute Gasteiger partial charge is 0.175 e. The Morgan fingerprint density at radius 3 is 2.60 bits per heavy atom. The fraction of sp³-hybridized carbons (Fsp3) is 0.308. The van der Waals surface area contributed by atoms with Crippen molar-refractivity contribution in [3.63, 3.8) is 0 Å². The Labute approximate surface area is 118 Å². The van der Waals surface area contributed by atoms with Crippen LogP contribution in [0.5, 0.6) is 0 Å². The van der Waals surface area contributed by atoms with E-state index in [-0.39, 0.29) is 4.90 Å². The van der Waals surface area contributed by atoms with Gasteiger partial charge in [-0.25, -0.2) is 8.42 Å². The summed E-state index contributed by atoms with van der Waals surface area (Å²) in [5.74, 6) is 0. The number of benzene rings is 1. The number of nitrogen functional groups attached to an aromatic ring is 1. The molecule has 0 spiro atoms. The number of aryl methyl sites for hydroxylation is 1. The van der Waals surface area contributed by atoms with Gasteiger partial charge in [-0.15, -0.1) is 0 Å². The first-order chi connectivity index (χ1) is 9.29. The SMILES string of the molecule is Cc1c(CNc2ccc(S(C)(=O)=O)cc2N)cnn1C. The van der Waals surface area contributed by atoms with Gasteiger partial charge in [0.25, 0.3) is 0 Å². The van der Waals surface area contributed by atoms with Crippen molar-refractivity contribution in [2.45, 2.75) is 18.4 Å². The molecule has 0 bridgehead atoms. The lowest BCUT2D eigenvalue weighted by atomic mass is 10.2. The number of hydrogen-bond acceptors (Lipinski definition) is 5. The number of nitrogens with two attached hydrogens (primary N) is 1. The molecule has 0 aliphatic carbocycles. The Morgan fingerprint density at radius 2 is 2.10 bits per heavy atom. The fourth-order valence-electron chi connectivity index (χ4n) is 1.84. The summed E-state index contributed by atoms with van der Waals surface area (Å²) in [6.07, 6.45) is 2.96. The second-order valence-corrected chi connectivity index (χ2v) is 6.77. The van der Waals surface area contributed by atoms with Crippen molar-refractivity contribution in [2.75, 3.05) is 17.3 Å². The normalized spacial score (nSPS) is 11.6. The van der Waals surface area contributed by atoms with Crippen molar-refractivity contribution in [2.24, 2.45) is 7.05 Å². The number of sulfone groups is 1. The van der Waals surface area contributed by atoms with Crippen molar-refractivity contribution >= 4 is 21.2 Å². The number of nitrogens with zero attached hydrogens (tertiary/aromatic N) is 2. The van der Waals surface area contributed by atoms with Crippen molar-refractivity contribution in [3.8, 4) is 0 Å². The summed E-state index contributed by atoms with van der Waals surface area (Å²) in [5.41, 5.74) is 9.14. The van der Waals surface area contributed by atoms with E-state index >= 15 is 0 Å². The molecule has 1 heterocycles. The predicted molar refractivity (Wildman–Crippen MR) is 79.2 cm³/mol. The summed E-state index contributed by atoms with van der Waals surface area (Å²) in [6.45, 7) is 2.57. The summed E-state index contributed by atoms with van der Waals surface area (Å²) in [6, 6.07) is 4.69. The summed E-state index contributed by atoms with van der Waals surface area (Å²) < 4.78 is 24.7. The number of aromatic nitrogens is 2. The predicted octanol–water partition coefficient (Wildman–Crippen LogP) is 1.33. The largest absolute Gasteiger partial charge is 0.397 e. The van der Waals surface area contributed by atoms with Crippen LogP contribution < -0.4 is 11.1 Å². The van der Waals surface area contributed by atoms with Crippen LogP contribution >= 0.6 is 0 Å². The Balaban J connectivity index is 2.17. The van der Waals surface area contributed by atoms with Crippen LogP contribution in [0.2, 0.25) is 0 Å². The zero-order valence-corrected chi connectivity index (χ0v) is 12.5. The molecule has 0 atom stereocenters. The van der Waals surface area contributed by atoms with Crippen LogP contribution in [-0.2, 0) is 23.4 Å². The highest BCUT2D eigenvalue weighted by Gasteiger charge is 2.10. The molecule has 0 saturated carbocycles. The molecule has 0 radical (unpaired) electrons. The van der Waals surface area contributed by atoms with E-state index in [9.17, 15) is 8.42 Å². The highest BCUT2D eigenvalue weighted by Crippen LogP contribution is 2.23. The standard InChI is InChI=1S/C13H18N4O2S/c1-9-10(8-16-17(9)2)7-15-13-5-4-11(6-12(13)14)20(3,18)19/h4-6,8,15H,7,14H2,1-3H3. The van der Waals surface area contributed by atoms with Gasteiger partial charge in [0.05, 0.1) is 22.5 Å². The third-order valence-corrected chi connectivity index (χ3v) is 4.37. The lowest BCUT2D eigenvalue weighted by Crippen LogP contribution is -2.05. The average molecular weight is 294 g/mol. The maximum absolute atomic E-state index is 11.4. The zero-order valence-electron chi connectivity index (χ0n) is 11.7. The van der Waals surface area contributed by atoms with E-state index in [1.807, 2.05) is 14.0 Å². The summed E-state index contributed by atoms with van der Waals surface area (Å²) in [7, 11) is -1.35. The second kappa shape index (κ2) is 5.16. The first-order valence-electron chi connectivity index (χ1n) is 6.10. The van der Waals surface area contributed by atoms with E-state index in [0.29, 0.717) is 17.9 Å². The van der Waals surface area contributed by atoms with Gasteiger partial charge in [-0.2, -0.15) is 5.10 Å². The Hall–Kier alpha value is -2.02. The Bertz CT molecular complexity index is 735. The highest BCUT2D eigenvalue weighted by molar-refractivity contribution is 7.90. The molecular weight excluding hydrogens is 276 g/mol. The lowest BCUT2D eigenvalue weighted by Gasteiger charge is -2.10. The van der Waals surface area contributed by atoms with Gasteiger partial charge < -0.3 is 11.1 Å². The minimum Gasteiger partial charge on any atom is -0.397 e. The third kappa shape index (κ3) is 2.93. The summed E-state index contributed by atoms with van der Waals surface area (Å²) in [5, 5.41) is 7.35. The molecule has 6 nitrogen and oxygen atoms in total. The van der Waals surface area contributed by atoms with E-state index in [2.05, 4.69) is 10.4 Å². The number of nitrogens with one attached hydrogen (secondary N) is 1. The van der Waals surface area contributed by atoms with Crippen molar-refractivity contribution in [1.82, 2.24) is 9.78 Å². The second-order valence-electron chi connectivity index (χ2n) is 4.75. The van der Waals surface area contributed by atoms with Crippen LogP contribution in [0, 0.1) is 6.92 Å². The van der Waals surface area contributed by atoms with E-state index in [0.717, 1.165) is 17.5 Å². The quantitative estimate of drug-likeness (QED) is 0.830. The molecule has 3 N–H and O–H groups in total. The van der Waals surface area contributed by atoms with E-state index in [4.69, 9.17) is 5.73 Å².